The monoisotopic (exact) mass is 213 g/mol. The molecule has 0 aromatic carbocycles. The fourth-order valence-electron chi connectivity index (χ4n) is 1.63. The highest BCUT2D eigenvalue weighted by atomic mass is 32.1. The lowest BCUT2D eigenvalue weighted by molar-refractivity contribution is -0.119. The van der Waals surface area contributed by atoms with E-state index in [0.717, 1.165) is 19.4 Å². The maximum atomic E-state index is 11.1. The summed E-state index contributed by atoms with van der Waals surface area (Å²) >= 11 is 1.20. The molecule has 2 heterocycles. The van der Waals surface area contributed by atoms with Crippen LogP contribution in [0, 0.1) is 0 Å². The average Bonchev–Trinajstić information content (AvgIpc) is 2.70. The summed E-state index contributed by atoms with van der Waals surface area (Å²) in [5.41, 5.74) is 10.7. The lowest BCUT2D eigenvalue weighted by atomic mass is 10.2. The van der Waals surface area contributed by atoms with E-state index in [-0.39, 0.29) is 17.9 Å². The van der Waals surface area contributed by atoms with Crippen molar-refractivity contribution in [2.75, 3.05) is 17.2 Å². The topological polar surface area (TPSA) is 98.1 Å². The summed E-state index contributed by atoms with van der Waals surface area (Å²) in [7, 11) is 0. The van der Waals surface area contributed by atoms with Crippen LogP contribution < -0.4 is 16.4 Å². The van der Waals surface area contributed by atoms with Crippen LogP contribution in [0.5, 0.6) is 0 Å². The predicted octanol–water partition coefficient (Wildman–Crippen LogP) is -0.426. The van der Waals surface area contributed by atoms with Gasteiger partial charge in [-0.05, 0) is 12.8 Å². The highest BCUT2D eigenvalue weighted by Gasteiger charge is 2.31. The molecule has 1 aromatic rings. The van der Waals surface area contributed by atoms with E-state index in [2.05, 4.69) is 9.36 Å². The Kier molecular flexibility index (Phi) is 2.24. The van der Waals surface area contributed by atoms with Crippen LogP contribution in [0.3, 0.4) is 0 Å². The zero-order valence-electron chi connectivity index (χ0n) is 7.51. The van der Waals surface area contributed by atoms with Gasteiger partial charge >= 0.3 is 0 Å². The lowest BCUT2D eigenvalue weighted by Gasteiger charge is -2.19. The standard InChI is InChI=1S/C7H11N5OS/c8-5(13)4-2-1-3-12(4)7-10-6(9)11-14-7/h4H,1-3H2,(H2,8,13)(H2,9,11). The summed E-state index contributed by atoms with van der Waals surface area (Å²) in [6.07, 6.45) is 1.74. The van der Waals surface area contributed by atoms with Crippen LogP contribution in [-0.2, 0) is 4.79 Å². The molecule has 1 saturated heterocycles. The van der Waals surface area contributed by atoms with Crippen LogP contribution in [0.2, 0.25) is 0 Å². The van der Waals surface area contributed by atoms with E-state index in [1.54, 1.807) is 0 Å². The van der Waals surface area contributed by atoms with Crippen molar-refractivity contribution in [3.8, 4) is 0 Å². The van der Waals surface area contributed by atoms with Gasteiger partial charge in [0.15, 0.2) is 0 Å². The summed E-state index contributed by atoms with van der Waals surface area (Å²) in [6.45, 7) is 0.794. The minimum absolute atomic E-state index is 0.248. The highest BCUT2D eigenvalue weighted by Crippen LogP contribution is 2.27. The van der Waals surface area contributed by atoms with Crippen molar-refractivity contribution >= 4 is 28.5 Å². The Balaban J connectivity index is 2.21. The molecule has 1 aliphatic heterocycles. The third kappa shape index (κ3) is 1.50. The number of hydrogen-bond acceptors (Lipinski definition) is 6. The Bertz CT molecular complexity index is 352. The van der Waals surface area contributed by atoms with Gasteiger partial charge < -0.3 is 16.4 Å². The smallest absolute Gasteiger partial charge is 0.240 e. The van der Waals surface area contributed by atoms with Gasteiger partial charge in [-0.25, -0.2) is 0 Å². The molecule has 1 aliphatic rings. The fourth-order valence-corrected chi connectivity index (χ4v) is 2.31. The molecule has 0 radical (unpaired) electrons. The summed E-state index contributed by atoms with van der Waals surface area (Å²) < 4.78 is 3.87. The van der Waals surface area contributed by atoms with Crippen LogP contribution >= 0.6 is 11.5 Å². The van der Waals surface area contributed by atoms with Gasteiger partial charge in [0, 0.05) is 18.1 Å². The van der Waals surface area contributed by atoms with Crippen molar-refractivity contribution in [2.24, 2.45) is 5.73 Å². The molecular formula is C7H11N5OS. The molecule has 14 heavy (non-hydrogen) atoms. The predicted molar refractivity (Wildman–Crippen MR) is 53.9 cm³/mol. The largest absolute Gasteiger partial charge is 0.368 e. The van der Waals surface area contributed by atoms with Crippen molar-refractivity contribution in [2.45, 2.75) is 18.9 Å². The number of hydrogen-bond donors (Lipinski definition) is 2. The van der Waals surface area contributed by atoms with Gasteiger partial charge in [0.2, 0.25) is 17.0 Å². The quantitative estimate of drug-likeness (QED) is 0.695. The molecule has 1 unspecified atom stereocenters. The summed E-state index contributed by atoms with van der Waals surface area (Å²) in [6, 6.07) is -0.248. The molecule has 4 N–H and O–H groups in total. The van der Waals surface area contributed by atoms with Gasteiger partial charge in [0.05, 0.1) is 0 Å². The molecule has 1 aromatic heterocycles. The fraction of sp³-hybridized carbons (Fsp3) is 0.571. The van der Waals surface area contributed by atoms with Crippen molar-refractivity contribution in [3.63, 3.8) is 0 Å². The SMILES string of the molecule is NC(=O)C1CCCN1c1nc(N)ns1. The van der Waals surface area contributed by atoms with Crippen molar-refractivity contribution in [1.82, 2.24) is 9.36 Å². The second-order valence-electron chi connectivity index (χ2n) is 3.19. The normalized spacial score (nSPS) is 21.4. The minimum Gasteiger partial charge on any atom is -0.368 e. The summed E-state index contributed by atoms with van der Waals surface area (Å²) in [5.74, 6) is -0.0589. The van der Waals surface area contributed by atoms with Crippen molar-refractivity contribution < 1.29 is 4.79 Å². The Hall–Kier alpha value is -1.37. The van der Waals surface area contributed by atoms with E-state index >= 15 is 0 Å². The van der Waals surface area contributed by atoms with Crippen LogP contribution in [0.25, 0.3) is 0 Å². The molecule has 0 aliphatic carbocycles. The van der Waals surface area contributed by atoms with Crippen LogP contribution in [0.4, 0.5) is 11.1 Å². The molecule has 6 nitrogen and oxygen atoms in total. The first-order chi connectivity index (χ1) is 6.68. The van der Waals surface area contributed by atoms with Gasteiger partial charge in [0.1, 0.15) is 6.04 Å². The average molecular weight is 213 g/mol. The number of nitrogens with two attached hydrogens (primary N) is 2. The molecule has 2 rings (SSSR count). The minimum atomic E-state index is -0.309. The Morgan fingerprint density at radius 1 is 1.64 bits per heavy atom. The molecule has 0 saturated carbocycles. The number of carbonyl (C=O) groups is 1. The van der Waals surface area contributed by atoms with E-state index in [1.165, 1.54) is 11.5 Å². The van der Waals surface area contributed by atoms with Crippen molar-refractivity contribution in [1.29, 1.82) is 0 Å². The first-order valence-electron chi connectivity index (χ1n) is 4.33. The molecule has 0 spiro atoms. The molecule has 1 fully saturated rings. The zero-order chi connectivity index (χ0) is 10.1. The van der Waals surface area contributed by atoms with Gasteiger partial charge in [-0.3, -0.25) is 4.79 Å². The number of amides is 1. The first kappa shape index (κ1) is 9.20. The molecule has 0 bridgehead atoms. The van der Waals surface area contributed by atoms with Crippen LogP contribution in [0.1, 0.15) is 12.8 Å². The Morgan fingerprint density at radius 2 is 2.43 bits per heavy atom. The first-order valence-corrected chi connectivity index (χ1v) is 5.11. The second-order valence-corrected chi connectivity index (χ2v) is 3.92. The van der Waals surface area contributed by atoms with Crippen molar-refractivity contribution in [3.05, 3.63) is 0 Å². The number of anilines is 2. The number of aromatic nitrogens is 2. The lowest BCUT2D eigenvalue weighted by Crippen LogP contribution is -2.40. The van der Waals surface area contributed by atoms with Crippen LogP contribution in [0.15, 0.2) is 0 Å². The highest BCUT2D eigenvalue weighted by molar-refractivity contribution is 7.09. The Labute approximate surface area is 85.1 Å². The van der Waals surface area contributed by atoms with E-state index in [9.17, 15) is 4.79 Å². The maximum Gasteiger partial charge on any atom is 0.240 e. The molecule has 7 heteroatoms. The van der Waals surface area contributed by atoms with Gasteiger partial charge in [-0.1, -0.05) is 0 Å². The Morgan fingerprint density at radius 3 is 3.00 bits per heavy atom. The third-order valence-electron chi connectivity index (χ3n) is 2.26. The number of rotatable bonds is 2. The van der Waals surface area contributed by atoms with E-state index in [0.29, 0.717) is 5.13 Å². The number of nitrogens with zero attached hydrogens (tertiary/aromatic N) is 3. The van der Waals surface area contributed by atoms with E-state index in [1.807, 2.05) is 4.90 Å². The molecule has 1 amide bonds. The van der Waals surface area contributed by atoms with E-state index < -0.39 is 0 Å². The molecular weight excluding hydrogens is 202 g/mol. The maximum absolute atomic E-state index is 11.1. The van der Waals surface area contributed by atoms with Gasteiger partial charge in [0.25, 0.3) is 0 Å². The van der Waals surface area contributed by atoms with Gasteiger partial charge in [-0.2, -0.15) is 9.36 Å². The summed E-state index contributed by atoms with van der Waals surface area (Å²) in [4.78, 5) is 17.0. The van der Waals surface area contributed by atoms with E-state index in [4.69, 9.17) is 11.5 Å². The van der Waals surface area contributed by atoms with Gasteiger partial charge in [-0.15, -0.1) is 0 Å². The second kappa shape index (κ2) is 3.41. The zero-order valence-corrected chi connectivity index (χ0v) is 8.33. The van der Waals surface area contributed by atoms with Crippen LogP contribution in [-0.4, -0.2) is 27.9 Å². The molecule has 76 valence electrons. The number of carbonyl (C=O) groups excluding carboxylic acids is 1. The number of primary amides is 1. The summed E-state index contributed by atoms with van der Waals surface area (Å²) in [5, 5.41) is 0.684. The number of nitrogen functional groups attached to an aromatic ring is 1. The molecule has 1 atom stereocenters. The third-order valence-corrected chi connectivity index (χ3v) is 3.03.